The molecule has 0 aromatic carbocycles. The first-order valence-electron chi connectivity index (χ1n) is 13.3. The molecule has 0 spiro atoms. The zero-order chi connectivity index (χ0) is 23.8. The van der Waals surface area contributed by atoms with Gasteiger partial charge in [0.2, 0.25) is 5.91 Å². The molecule has 3 rings (SSSR count). The normalized spacial score (nSPS) is 26.5. The quantitative estimate of drug-likeness (QED) is 0.608. The number of amides is 1. The third-order valence-corrected chi connectivity index (χ3v) is 6.67. The molecule has 1 amide bonds. The highest BCUT2D eigenvalue weighted by Crippen LogP contribution is 2.31. The summed E-state index contributed by atoms with van der Waals surface area (Å²) < 4.78 is 0. The van der Waals surface area contributed by atoms with Gasteiger partial charge in [0.25, 0.3) is 0 Å². The van der Waals surface area contributed by atoms with Crippen LogP contribution in [0.25, 0.3) is 0 Å². The molecule has 3 fully saturated rings. The molecule has 2 saturated heterocycles. The van der Waals surface area contributed by atoms with Gasteiger partial charge in [0.15, 0.2) is 0 Å². The fourth-order valence-corrected chi connectivity index (χ4v) is 4.87. The molecule has 184 valence electrons. The van der Waals surface area contributed by atoms with Crippen molar-refractivity contribution in [2.75, 3.05) is 52.4 Å². The Morgan fingerprint density at radius 3 is 1.68 bits per heavy atom. The molecule has 1 aliphatic carbocycles. The number of carbonyl (C=O) groups excluding carboxylic acids is 2. The Hall–Kier alpha value is -0.940. The molecule has 0 radical (unpaired) electrons. The minimum absolute atomic E-state index is 0.162. The van der Waals surface area contributed by atoms with Crippen molar-refractivity contribution in [2.45, 2.75) is 87.5 Å². The van der Waals surface area contributed by atoms with Crippen molar-refractivity contribution in [3.05, 3.63) is 0 Å². The van der Waals surface area contributed by atoms with E-state index in [9.17, 15) is 9.59 Å². The van der Waals surface area contributed by atoms with Crippen LogP contribution in [0, 0.1) is 17.8 Å². The molecular formula is C26H53N3O2. The van der Waals surface area contributed by atoms with Crippen LogP contribution in [0.5, 0.6) is 0 Å². The Balaban J connectivity index is 0.00000138. The highest BCUT2D eigenvalue weighted by Gasteiger charge is 2.33. The third kappa shape index (κ3) is 10.0. The lowest BCUT2D eigenvalue weighted by Crippen LogP contribution is -2.51. The van der Waals surface area contributed by atoms with Gasteiger partial charge in [-0.25, -0.2) is 0 Å². The molecule has 31 heavy (non-hydrogen) atoms. The fraction of sp³-hybridized carbons (Fsp3) is 0.923. The first kappa shape index (κ1) is 30.1. The van der Waals surface area contributed by atoms with Crippen LogP contribution < -0.4 is 0 Å². The van der Waals surface area contributed by atoms with Gasteiger partial charge >= 0.3 is 0 Å². The lowest BCUT2D eigenvalue weighted by atomic mass is 9.79. The summed E-state index contributed by atoms with van der Waals surface area (Å²) in [7, 11) is 0. The Labute approximate surface area is 193 Å². The van der Waals surface area contributed by atoms with Crippen LogP contribution in [0.3, 0.4) is 0 Å². The van der Waals surface area contributed by atoms with E-state index in [1.807, 2.05) is 41.5 Å². The summed E-state index contributed by atoms with van der Waals surface area (Å²) in [4.78, 5) is 31.5. The number of nitrogens with zero attached hydrogens (tertiary/aromatic N) is 3. The van der Waals surface area contributed by atoms with Gasteiger partial charge in [-0.05, 0) is 58.0 Å². The van der Waals surface area contributed by atoms with Gasteiger partial charge in [0.05, 0.1) is 0 Å². The topological polar surface area (TPSA) is 43.9 Å². The van der Waals surface area contributed by atoms with Crippen LogP contribution in [-0.4, -0.2) is 78.7 Å². The maximum atomic E-state index is 12.8. The Morgan fingerprint density at radius 2 is 1.23 bits per heavy atom. The van der Waals surface area contributed by atoms with Gasteiger partial charge in [-0.1, -0.05) is 48.5 Å². The summed E-state index contributed by atoms with van der Waals surface area (Å²) in [6.45, 7) is 24.6. The van der Waals surface area contributed by atoms with Crippen molar-refractivity contribution in [1.82, 2.24) is 14.7 Å². The Kier molecular flexibility index (Phi) is 17.1. The van der Waals surface area contributed by atoms with Crippen molar-refractivity contribution in [2.24, 2.45) is 17.8 Å². The van der Waals surface area contributed by atoms with Gasteiger partial charge in [0, 0.05) is 51.1 Å². The molecule has 1 unspecified atom stereocenters. The maximum absolute atomic E-state index is 12.8. The van der Waals surface area contributed by atoms with E-state index in [1.165, 1.54) is 32.6 Å². The Bertz CT molecular complexity index is 467. The van der Waals surface area contributed by atoms with Gasteiger partial charge in [0.1, 0.15) is 5.78 Å². The van der Waals surface area contributed by atoms with E-state index in [4.69, 9.17) is 0 Å². The predicted octanol–water partition coefficient (Wildman–Crippen LogP) is 4.95. The fourth-order valence-electron chi connectivity index (χ4n) is 4.87. The number of piperazine rings is 1. The van der Waals surface area contributed by atoms with Crippen molar-refractivity contribution in [1.29, 1.82) is 0 Å². The minimum Gasteiger partial charge on any atom is -0.340 e. The van der Waals surface area contributed by atoms with Crippen LogP contribution >= 0.6 is 0 Å². The van der Waals surface area contributed by atoms with Crippen molar-refractivity contribution in [3.8, 4) is 0 Å². The highest BCUT2D eigenvalue weighted by molar-refractivity contribution is 5.81. The van der Waals surface area contributed by atoms with E-state index < -0.39 is 0 Å². The standard InChI is InChI=1S/C20H35N3O2.3C2H6/c1-3-21-9-8-17(14-21)15-22-10-12-23(13-11-22)20(25)19-6-4-18(5-7-19)16(2)24;3*1-2/h17-19H,3-15H2,1-2H3;3*1-2H3. The number of carbonyl (C=O) groups is 2. The van der Waals surface area contributed by atoms with Crippen LogP contribution in [0.2, 0.25) is 0 Å². The number of rotatable bonds is 5. The summed E-state index contributed by atoms with van der Waals surface area (Å²) in [6, 6.07) is 0. The zero-order valence-electron chi connectivity index (χ0n) is 22.1. The predicted molar refractivity (Wildman–Crippen MR) is 133 cm³/mol. The smallest absolute Gasteiger partial charge is 0.225 e. The van der Waals surface area contributed by atoms with Crippen LogP contribution in [0.1, 0.15) is 87.5 Å². The van der Waals surface area contributed by atoms with Crippen molar-refractivity contribution >= 4 is 11.7 Å². The molecule has 0 bridgehead atoms. The lowest BCUT2D eigenvalue weighted by Gasteiger charge is -2.38. The highest BCUT2D eigenvalue weighted by atomic mass is 16.2. The molecule has 3 aliphatic rings. The summed E-state index contributed by atoms with van der Waals surface area (Å²) in [6.07, 6.45) is 4.94. The Morgan fingerprint density at radius 1 is 0.710 bits per heavy atom. The molecule has 5 heteroatoms. The second-order valence-corrected chi connectivity index (χ2v) is 8.33. The average molecular weight is 440 g/mol. The monoisotopic (exact) mass is 439 g/mol. The first-order chi connectivity index (χ1) is 15.1. The second-order valence-electron chi connectivity index (χ2n) is 8.33. The van der Waals surface area contributed by atoms with Gasteiger partial charge in [-0.3, -0.25) is 14.5 Å². The summed E-state index contributed by atoms with van der Waals surface area (Å²) in [5, 5.41) is 0. The summed E-state index contributed by atoms with van der Waals surface area (Å²) in [5.41, 5.74) is 0. The molecular weight excluding hydrogens is 386 g/mol. The average Bonchev–Trinajstić information content (AvgIpc) is 3.30. The molecule has 0 aromatic rings. The maximum Gasteiger partial charge on any atom is 0.225 e. The van der Waals surface area contributed by atoms with Crippen LogP contribution in [-0.2, 0) is 9.59 Å². The number of Topliss-reactive ketones (excluding diaryl/α,β-unsaturated/α-hetero) is 1. The SMILES string of the molecule is CC.CC.CC.CCN1CCC(CN2CCN(C(=O)C3CCC(C(C)=O)CC3)CC2)C1. The van der Waals surface area contributed by atoms with Crippen molar-refractivity contribution < 1.29 is 9.59 Å². The largest absolute Gasteiger partial charge is 0.340 e. The molecule has 0 aromatic heterocycles. The van der Waals surface area contributed by atoms with E-state index in [0.29, 0.717) is 11.7 Å². The summed E-state index contributed by atoms with van der Waals surface area (Å²) in [5.74, 6) is 1.82. The molecule has 2 heterocycles. The van der Waals surface area contributed by atoms with E-state index >= 15 is 0 Å². The van der Waals surface area contributed by atoms with Gasteiger partial charge in [-0.2, -0.15) is 0 Å². The third-order valence-electron chi connectivity index (χ3n) is 6.67. The van der Waals surface area contributed by atoms with Gasteiger partial charge < -0.3 is 9.80 Å². The number of hydrogen-bond acceptors (Lipinski definition) is 4. The molecule has 0 N–H and O–H groups in total. The van der Waals surface area contributed by atoms with Crippen molar-refractivity contribution in [3.63, 3.8) is 0 Å². The zero-order valence-corrected chi connectivity index (χ0v) is 22.1. The summed E-state index contributed by atoms with van der Waals surface area (Å²) >= 11 is 0. The first-order valence-corrected chi connectivity index (χ1v) is 13.3. The molecule has 2 aliphatic heterocycles. The number of likely N-dealkylation sites (tertiary alicyclic amines) is 1. The van der Waals surface area contributed by atoms with Gasteiger partial charge in [-0.15, -0.1) is 0 Å². The number of ketones is 1. The van der Waals surface area contributed by atoms with Crippen LogP contribution in [0.15, 0.2) is 0 Å². The van der Waals surface area contributed by atoms with E-state index in [2.05, 4.69) is 21.6 Å². The molecule has 1 saturated carbocycles. The van der Waals surface area contributed by atoms with E-state index in [-0.39, 0.29) is 11.8 Å². The lowest BCUT2D eigenvalue weighted by molar-refractivity contribution is -0.139. The molecule has 5 nitrogen and oxygen atoms in total. The molecule has 1 atom stereocenters. The second kappa shape index (κ2) is 17.6. The minimum atomic E-state index is 0.162. The number of hydrogen-bond donors (Lipinski definition) is 0. The van der Waals surface area contributed by atoms with E-state index in [0.717, 1.165) is 57.8 Å². The van der Waals surface area contributed by atoms with E-state index in [1.54, 1.807) is 6.92 Å². The van der Waals surface area contributed by atoms with Crippen LogP contribution in [0.4, 0.5) is 0 Å².